The van der Waals surface area contributed by atoms with Crippen LogP contribution < -0.4 is 10.6 Å². The lowest BCUT2D eigenvalue weighted by Gasteiger charge is -2.07. The van der Waals surface area contributed by atoms with Gasteiger partial charge in [-0.2, -0.15) is 0 Å². The number of benzene rings is 2. The van der Waals surface area contributed by atoms with E-state index < -0.39 is 0 Å². The lowest BCUT2D eigenvalue weighted by Crippen LogP contribution is -2.18. The largest absolute Gasteiger partial charge is 0.355 e. The molecular formula is C21H16Cl2N2O2S. The Morgan fingerprint density at radius 2 is 1.79 bits per heavy atom. The first-order valence-electron chi connectivity index (χ1n) is 8.33. The molecule has 0 aliphatic rings. The van der Waals surface area contributed by atoms with Crippen molar-refractivity contribution in [3.63, 3.8) is 0 Å². The summed E-state index contributed by atoms with van der Waals surface area (Å²) >= 11 is 13.8. The van der Waals surface area contributed by atoms with E-state index in [1.54, 1.807) is 18.2 Å². The predicted octanol–water partition coefficient (Wildman–Crippen LogP) is 5.73. The maximum Gasteiger partial charge on any atom is 0.252 e. The van der Waals surface area contributed by atoms with Crippen molar-refractivity contribution in [2.45, 2.75) is 0 Å². The van der Waals surface area contributed by atoms with Crippen LogP contribution in [-0.4, -0.2) is 18.9 Å². The molecule has 142 valence electrons. The standard InChI is InChI=1S/C21H16Cl2N2O2S/c1-24-21(27)16-12-13(6-9-18(16)23)25-20(26)11-8-14-7-10-19(28-14)15-4-2-3-5-17(15)22/h2-12H,1H3,(H,24,27)(H,25,26)/b11-8+. The van der Waals surface area contributed by atoms with Crippen molar-refractivity contribution in [3.8, 4) is 10.4 Å². The van der Waals surface area contributed by atoms with E-state index in [1.807, 2.05) is 36.4 Å². The van der Waals surface area contributed by atoms with Crippen LogP contribution in [0.2, 0.25) is 10.0 Å². The molecule has 3 aromatic rings. The maximum absolute atomic E-state index is 12.2. The van der Waals surface area contributed by atoms with Gasteiger partial charge in [-0.25, -0.2) is 0 Å². The number of nitrogens with one attached hydrogen (secondary N) is 2. The van der Waals surface area contributed by atoms with Gasteiger partial charge in [-0.1, -0.05) is 41.4 Å². The van der Waals surface area contributed by atoms with Gasteiger partial charge in [0, 0.05) is 39.2 Å². The molecule has 0 atom stereocenters. The Morgan fingerprint density at radius 1 is 1.00 bits per heavy atom. The fourth-order valence-corrected chi connectivity index (χ4v) is 3.95. The van der Waals surface area contributed by atoms with E-state index in [9.17, 15) is 9.59 Å². The molecule has 3 rings (SSSR count). The minimum Gasteiger partial charge on any atom is -0.355 e. The SMILES string of the molecule is CNC(=O)c1cc(NC(=O)/C=C/c2ccc(-c3ccccc3Cl)s2)ccc1Cl. The number of halogens is 2. The summed E-state index contributed by atoms with van der Waals surface area (Å²) in [6, 6.07) is 16.3. The van der Waals surface area contributed by atoms with Crippen molar-refractivity contribution in [1.29, 1.82) is 0 Å². The molecule has 0 aliphatic heterocycles. The van der Waals surface area contributed by atoms with E-state index >= 15 is 0 Å². The molecule has 1 aromatic heterocycles. The van der Waals surface area contributed by atoms with Crippen molar-refractivity contribution in [2.24, 2.45) is 0 Å². The number of hydrogen-bond donors (Lipinski definition) is 2. The molecule has 0 saturated heterocycles. The first-order chi connectivity index (χ1) is 13.5. The highest BCUT2D eigenvalue weighted by Gasteiger charge is 2.10. The highest BCUT2D eigenvalue weighted by atomic mass is 35.5. The van der Waals surface area contributed by atoms with Gasteiger partial charge in [0.25, 0.3) is 5.91 Å². The van der Waals surface area contributed by atoms with Crippen LogP contribution in [0, 0.1) is 0 Å². The van der Waals surface area contributed by atoms with E-state index in [0.717, 1.165) is 15.3 Å². The minimum absolute atomic E-state index is 0.300. The zero-order valence-electron chi connectivity index (χ0n) is 14.8. The smallest absolute Gasteiger partial charge is 0.252 e. The summed E-state index contributed by atoms with van der Waals surface area (Å²) in [4.78, 5) is 26.0. The van der Waals surface area contributed by atoms with Crippen LogP contribution in [0.3, 0.4) is 0 Å². The first kappa shape index (κ1) is 20.1. The van der Waals surface area contributed by atoms with E-state index in [-0.39, 0.29) is 11.8 Å². The Labute approximate surface area is 176 Å². The van der Waals surface area contributed by atoms with Gasteiger partial charge < -0.3 is 10.6 Å². The van der Waals surface area contributed by atoms with E-state index in [1.165, 1.54) is 30.5 Å². The zero-order valence-corrected chi connectivity index (χ0v) is 17.2. The second kappa shape index (κ2) is 9.06. The summed E-state index contributed by atoms with van der Waals surface area (Å²) < 4.78 is 0. The van der Waals surface area contributed by atoms with Gasteiger partial charge in [-0.3, -0.25) is 9.59 Å². The molecule has 1 heterocycles. The van der Waals surface area contributed by atoms with Gasteiger partial charge in [0.05, 0.1) is 10.6 Å². The normalized spacial score (nSPS) is 10.8. The fraction of sp³-hybridized carbons (Fsp3) is 0.0476. The molecule has 0 spiro atoms. The van der Waals surface area contributed by atoms with Gasteiger partial charge in [0.1, 0.15) is 0 Å². The Kier molecular flexibility index (Phi) is 6.52. The molecule has 2 aromatic carbocycles. The Bertz CT molecular complexity index is 1060. The lowest BCUT2D eigenvalue weighted by atomic mass is 10.2. The summed E-state index contributed by atoms with van der Waals surface area (Å²) in [5.74, 6) is -0.625. The van der Waals surface area contributed by atoms with Crippen molar-refractivity contribution >= 4 is 58.1 Å². The van der Waals surface area contributed by atoms with Crippen LogP contribution >= 0.6 is 34.5 Å². The number of thiophene rings is 1. The topological polar surface area (TPSA) is 58.2 Å². The summed E-state index contributed by atoms with van der Waals surface area (Å²) in [5.41, 5.74) is 1.75. The number of carbonyl (C=O) groups excluding carboxylic acids is 2. The number of anilines is 1. The third-order valence-electron chi connectivity index (χ3n) is 3.87. The van der Waals surface area contributed by atoms with Crippen LogP contribution in [0.25, 0.3) is 16.5 Å². The minimum atomic E-state index is -0.317. The average Bonchev–Trinajstić information content (AvgIpc) is 3.16. The van der Waals surface area contributed by atoms with E-state index in [0.29, 0.717) is 21.3 Å². The molecule has 0 fully saturated rings. The third-order valence-corrected chi connectivity index (χ3v) is 5.61. The highest BCUT2D eigenvalue weighted by Crippen LogP contribution is 2.33. The number of rotatable bonds is 5. The number of hydrogen-bond acceptors (Lipinski definition) is 3. The molecule has 28 heavy (non-hydrogen) atoms. The van der Waals surface area contributed by atoms with Crippen molar-refractivity contribution < 1.29 is 9.59 Å². The van der Waals surface area contributed by atoms with Gasteiger partial charge in [0.15, 0.2) is 0 Å². The Hall–Kier alpha value is -2.60. The molecule has 0 unspecified atom stereocenters. The van der Waals surface area contributed by atoms with Gasteiger partial charge >= 0.3 is 0 Å². The van der Waals surface area contributed by atoms with E-state index in [4.69, 9.17) is 23.2 Å². The van der Waals surface area contributed by atoms with Crippen LogP contribution in [0.15, 0.2) is 60.7 Å². The maximum atomic E-state index is 12.2. The van der Waals surface area contributed by atoms with Crippen molar-refractivity contribution in [1.82, 2.24) is 5.32 Å². The molecule has 0 saturated carbocycles. The van der Waals surface area contributed by atoms with Crippen molar-refractivity contribution in [3.05, 3.63) is 81.2 Å². The first-order valence-corrected chi connectivity index (χ1v) is 9.90. The average molecular weight is 431 g/mol. The molecule has 0 radical (unpaired) electrons. The fourth-order valence-electron chi connectivity index (χ4n) is 2.50. The van der Waals surface area contributed by atoms with E-state index in [2.05, 4.69) is 10.6 Å². The summed E-state index contributed by atoms with van der Waals surface area (Å²) in [6.07, 6.45) is 3.17. The van der Waals surface area contributed by atoms with Crippen LogP contribution in [0.4, 0.5) is 5.69 Å². The molecule has 0 bridgehead atoms. The number of amides is 2. The zero-order chi connectivity index (χ0) is 20.1. The highest BCUT2D eigenvalue weighted by molar-refractivity contribution is 7.16. The Morgan fingerprint density at radius 3 is 2.54 bits per heavy atom. The van der Waals surface area contributed by atoms with Crippen LogP contribution in [-0.2, 0) is 4.79 Å². The summed E-state index contributed by atoms with van der Waals surface area (Å²) in [7, 11) is 1.52. The predicted molar refractivity (Wildman–Crippen MR) is 117 cm³/mol. The molecular weight excluding hydrogens is 415 g/mol. The molecule has 4 nitrogen and oxygen atoms in total. The lowest BCUT2D eigenvalue weighted by molar-refractivity contribution is -0.111. The van der Waals surface area contributed by atoms with Gasteiger partial charge in [-0.15, -0.1) is 11.3 Å². The molecule has 7 heteroatoms. The monoisotopic (exact) mass is 430 g/mol. The molecule has 2 N–H and O–H groups in total. The summed E-state index contributed by atoms with van der Waals surface area (Å²) in [5, 5.41) is 6.24. The molecule has 0 aliphatic carbocycles. The van der Waals surface area contributed by atoms with Crippen LogP contribution in [0.1, 0.15) is 15.2 Å². The Balaban J connectivity index is 1.70. The van der Waals surface area contributed by atoms with Gasteiger partial charge in [0.2, 0.25) is 5.91 Å². The molecule has 2 amide bonds. The van der Waals surface area contributed by atoms with Crippen molar-refractivity contribution in [2.75, 3.05) is 12.4 Å². The third kappa shape index (κ3) is 4.81. The van der Waals surface area contributed by atoms with Crippen LogP contribution in [0.5, 0.6) is 0 Å². The quantitative estimate of drug-likeness (QED) is 0.507. The summed E-state index contributed by atoms with van der Waals surface area (Å²) in [6.45, 7) is 0. The second-order valence-electron chi connectivity index (χ2n) is 5.78. The second-order valence-corrected chi connectivity index (χ2v) is 7.71. The van der Waals surface area contributed by atoms with Gasteiger partial charge in [-0.05, 0) is 42.5 Å². The number of carbonyl (C=O) groups is 2.